The average Bonchev–Trinajstić information content (AvgIpc) is 2.51. The second-order valence-corrected chi connectivity index (χ2v) is 6.74. The average molecular weight is 290 g/mol. The lowest BCUT2D eigenvalue weighted by Gasteiger charge is -2.44. The van der Waals surface area contributed by atoms with E-state index in [9.17, 15) is 4.39 Å². The molecule has 3 heteroatoms. The highest BCUT2D eigenvalue weighted by Crippen LogP contribution is 2.36. The molecular formula is C18H27FN2. The third-order valence-corrected chi connectivity index (χ3v) is 5.37. The van der Waals surface area contributed by atoms with Crippen LogP contribution in [0.5, 0.6) is 0 Å². The molecule has 0 aliphatic carbocycles. The number of piperidine rings is 2. The summed E-state index contributed by atoms with van der Waals surface area (Å²) in [5.41, 5.74) is 2.07. The second-order valence-electron chi connectivity index (χ2n) is 6.74. The highest BCUT2D eigenvalue weighted by molar-refractivity contribution is 5.30. The number of likely N-dealkylation sites (tertiary alicyclic amines) is 2. The van der Waals surface area contributed by atoms with E-state index in [1.165, 1.54) is 57.3 Å². The van der Waals surface area contributed by atoms with Gasteiger partial charge in [0.25, 0.3) is 0 Å². The predicted molar refractivity (Wildman–Crippen MR) is 85.0 cm³/mol. The fraction of sp³-hybridized carbons (Fsp3) is 0.667. The standard InChI is InChI=1S/C18H27FN2/c1-14-16(6-5-7-17(14)19)18-8-3-4-11-21(18)15-9-12-20(2)13-10-15/h5-7,15,18H,3-4,8-13H2,1-2H3. The zero-order valence-corrected chi connectivity index (χ0v) is 13.3. The number of rotatable bonds is 2. The molecule has 1 unspecified atom stereocenters. The second kappa shape index (κ2) is 6.45. The maximum Gasteiger partial charge on any atom is 0.126 e. The molecule has 1 aromatic carbocycles. The molecule has 0 spiro atoms. The normalized spacial score (nSPS) is 26.1. The van der Waals surface area contributed by atoms with Crippen molar-refractivity contribution in [3.63, 3.8) is 0 Å². The van der Waals surface area contributed by atoms with Crippen molar-refractivity contribution >= 4 is 0 Å². The Morgan fingerprint density at radius 2 is 1.81 bits per heavy atom. The van der Waals surface area contributed by atoms with Gasteiger partial charge < -0.3 is 4.90 Å². The van der Waals surface area contributed by atoms with Crippen LogP contribution in [0.15, 0.2) is 18.2 Å². The van der Waals surface area contributed by atoms with Gasteiger partial charge in [0.15, 0.2) is 0 Å². The lowest BCUT2D eigenvalue weighted by molar-refractivity contribution is 0.0552. The van der Waals surface area contributed by atoms with Crippen molar-refractivity contribution in [2.45, 2.75) is 51.1 Å². The van der Waals surface area contributed by atoms with Crippen molar-refractivity contribution < 1.29 is 4.39 Å². The van der Waals surface area contributed by atoms with Gasteiger partial charge >= 0.3 is 0 Å². The van der Waals surface area contributed by atoms with Crippen molar-refractivity contribution in [1.29, 1.82) is 0 Å². The number of halogens is 1. The van der Waals surface area contributed by atoms with Crippen LogP contribution in [-0.2, 0) is 0 Å². The molecule has 0 aromatic heterocycles. The van der Waals surface area contributed by atoms with Gasteiger partial charge in [-0.25, -0.2) is 4.39 Å². The van der Waals surface area contributed by atoms with E-state index in [-0.39, 0.29) is 5.82 Å². The zero-order chi connectivity index (χ0) is 14.8. The highest BCUT2D eigenvalue weighted by atomic mass is 19.1. The first kappa shape index (κ1) is 15.0. The molecule has 2 aliphatic rings. The Labute approximate surface area is 127 Å². The van der Waals surface area contributed by atoms with Crippen LogP contribution < -0.4 is 0 Å². The highest BCUT2D eigenvalue weighted by Gasteiger charge is 2.32. The topological polar surface area (TPSA) is 6.48 Å². The molecule has 2 aliphatic heterocycles. The van der Waals surface area contributed by atoms with Crippen LogP contribution in [0.1, 0.15) is 49.3 Å². The summed E-state index contributed by atoms with van der Waals surface area (Å²) in [6, 6.07) is 6.69. The molecule has 1 atom stereocenters. The van der Waals surface area contributed by atoms with Gasteiger partial charge in [0.05, 0.1) is 0 Å². The van der Waals surface area contributed by atoms with E-state index in [1.807, 2.05) is 13.0 Å². The fourth-order valence-electron chi connectivity index (χ4n) is 4.04. The van der Waals surface area contributed by atoms with E-state index < -0.39 is 0 Å². The zero-order valence-electron chi connectivity index (χ0n) is 13.3. The van der Waals surface area contributed by atoms with E-state index in [0.29, 0.717) is 12.1 Å². The van der Waals surface area contributed by atoms with Crippen LogP contribution in [0.2, 0.25) is 0 Å². The van der Waals surface area contributed by atoms with Crippen LogP contribution >= 0.6 is 0 Å². The SMILES string of the molecule is Cc1c(F)cccc1C1CCCCN1C1CCN(C)CC1. The molecule has 2 heterocycles. The van der Waals surface area contributed by atoms with Gasteiger partial charge in [0, 0.05) is 12.1 Å². The van der Waals surface area contributed by atoms with Gasteiger partial charge in [0.2, 0.25) is 0 Å². The van der Waals surface area contributed by atoms with E-state index in [0.717, 1.165) is 5.56 Å². The lowest BCUT2D eigenvalue weighted by atomic mass is 9.89. The minimum atomic E-state index is -0.0543. The lowest BCUT2D eigenvalue weighted by Crippen LogP contribution is -2.47. The Bertz CT molecular complexity index is 480. The van der Waals surface area contributed by atoms with E-state index in [2.05, 4.69) is 22.9 Å². The third-order valence-electron chi connectivity index (χ3n) is 5.37. The summed E-state index contributed by atoms with van der Waals surface area (Å²) in [5, 5.41) is 0. The van der Waals surface area contributed by atoms with Crippen molar-refractivity contribution in [3.05, 3.63) is 35.1 Å². The molecule has 0 radical (unpaired) electrons. The Balaban J connectivity index is 1.83. The predicted octanol–water partition coefficient (Wildman–Crippen LogP) is 3.76. The van der Waals surface area contributed by atoms with Gasteiger partial charge in [-0.1, -0.05) is 18.6 Å². The van der Waals surface area contributed by atoms with Gasteiger partial charge in [0.1, 0.15) is 5.82 Å². The molecule has 1 aromatic rings. The molecule has 116 valence electrons. The monoisotopic (exact) mass is 290 g/mol. The molecule has 2 saturated heterocycles. The van der Waals surface area contributed by atoms with Crippen LogP contribution in [0.4, 0.5) is 4.39 Å². The molecule has 0 N–H and O–H groups in total. The number of hydrogen-bond acceptors (Lipinski definition) is 2. The van der Waals surface area contributed by atoms with Gasteiger partial charge in [-0.3, -0.25) is 4.90 Å². The van der Waals surface area contributed by atoms with Crippen molar-refractivity contribution in [2.75, 3.05) is 26.7 Å². The van der Waals surface area contributed by atoms with E-state index >= 15 is 0 Å². The van der Waals surface area contributed by atoms with Crippen molar-refractivity contribution in [3.8, 4) is 0 Å². The number of hydrogen-bond donors (Lipinski definition) is 0. The number of benzene rings is 1. The van der Waals surface area contributed by atoms with Crippen LogP contribution in [0.25, 0.3) is 0 Å². The summed E-state index contributed by atoms with van der Waals surface area (Å²) in [5.74, 6) is -0.0543. The first-order valence-electron chi connectivity index (χ1n) is 8.36. The third kappa shape index (κ3) is 3.14. The van der Waals surface area contributed by atoms with Gasteiger partial charge in [-0.05, 0) is 76.5 Å². The molecule has 0 bridgehead atoms. The number of nitrogens with zero attached hydrogens (tertiary/aromatic N) is 2. The Morgan fingerprint density at radius 1 is 1.05 bits per heavy atom. The smallest absolute Gasteiger partial charge is 0.126 e. The van der Waals surface area contributed by atoms with Gasteiger partial charge in [-0.2, -0.15) is 0 Å². The summed E-state index contributed by atoms with van der Waals surface area (Å²) in [6.07, 6.45) is 6.24. The minimum Gasteiger partial charge on any atom is -0.306 e. The molecule has 2 nitrogen and oxygen atoms in total. The van der Waals surface area contributed by atoms with Crippen LogP contribution in [-0.4, -0.2) is 42.5 Å². The van der Waals surface area contributed by atoms with Crippen molar-refractivity contribution in [1.82, 2.24) is 9.80 Å². The minimum absolute atomic E-state index is 0.0543. The summed E-state index contributed by atoms with van der Waals surface area (Å²) in [6.45, 7) is 5.49. The quantitative estimate of drug-likeness (QED) is 0.818. The van der Waals surface area contributed by atoms with E-state index in [4.69, 9.17) is 0 Å². The molecule has 2 fully saturated rings. The Morgan fingerprint density at radius 3 is 2.57 bits per heavy atom. The summed E-state index contributed by atoms with van der Waals surface area (Å²) in [7, 11) is 2.21. The molecule has 21 heavy (non-hydrogen) atoms. The molecule has 3 rings (SSSR count). The van der Waals surface area contributed by atoms with Crippen LogP contribution in [0.3, 0.4) is 0 Å². The summed E-state index contributed by atoms with van der Waals surface area (Å²) >= 11 is 0. The van der Waals surface area contributed by atoms with Gasteiger partial charge in [-0.15, -0.1) is 0 Å². The summed E-state index contributed by atoms with van der Waals surface area (Å²) in [4.78, 5) is 5.10. The summed E-state index contributed by atoms with van der Waals surface area (Å²) < 4.78 is 13.9. The fourth-order valence-corrected chi connectivity index (χ4v) is 4.04. The maximum atomic E-state index is 13.9. The first-order valence-corrected chi connectivity index (χ1v) is 8.36. The first-order chi connectivity index (χ1) is 10.2. The maximum absolute atomic E-state index is 13.9. The molecule has 0 amide bonds. The van der Waals surface area contributed by atoms with E-state index in [1.54, 1.807) is 6.07 Å². The Kier molecular flexibility index (Phi) is 4.60. The van der Waals surface area contributed by atoms with Crippen LogP contribution in [0, 0.1) is 12.7 Å². The van der Waals surface area contributed by atoms with Crippen molar-refractivity contribution in [2.24, 2.45) is 0 Å². The molecular weight excluding hydrogens is 263 g/mol. The molecule has 0 saturated carbocycles. The Hall–Kier alpha value is -0.930. The largest absolute Gasteiger partial charge is 0.306 e.